The van der Waals surface area contributed by atoms with Crippen LogP contribution >= 0.6 is 0 Å². The van der Waals surface area contributed by atoms with Gasteiger partial charge in [-0.1, -0.05) is 36.4 Å². The van der Waals surface area contributed by atoms with E-state index in [1.165, 1.54) is 0 Å². The zero-order valence-electron chi connectivity index (χ0n) is 13.3. The molecule has 0 aliphatic heterocycles. The highest BCUT2D eigenvalue weighted by atomic mass is 32.2. The highest BCUT2D eigenvalue weighted by molar-refractivity contribution is 7.89. The lowest BCUT2D eigenvalue weighted by Crippen LogP contribution is -2.26. The maximum absolute atomic E-state index is 12.1. The molecule has 2 aromatic carbocycles. The summed E-state index contributed by atoms with van der Waals surface area (Å²) >= 11 is 0. The topological polar surface area (TPSA) is 64.6 Å². The highest BCUT2D eigenvalue weighted by Gasteiger charge is 2.11. The van der Waals surface area contributed by atoms with Crippen molar-refractivity contribution in [3.8, 4) is 11.5 Å². The second-order valence-corrected chi connectivity index (χ2v) is 6.99. The second-order valence-electron chi connectivity index (χ2n) is 5.06. The fourth-order valence-corrected chi connectivity index (χ4v) is 3.19. The smallest absolute Gasteiger partial charge is 0.212 e. The highest BCUT2D eigenvalue weighted by Crippen LogP contribution is 2.27. The van der Waals surface area contributed by atoms with Crippen molar-refractivity contribution >= 4 is 10.0 Å². The number of nitrogens with one attached hydrogen (secondary N) is 1. The predicted octanol–water partition coefficient (Wildman–Crippen LogP) is 2.37. The molecule has 0 aliphatic carbocycles. The van der Waals surface area contributed by atoms with Crippen LogP contribution in [0.5, 0.6) is 11.5 Å². The Labute approximate surface area is 137 Å². The van der Waals surface area contributed by atoms with Crippen LogP contribution in [0.15, 0.2) is 48.5 Å². The van der Waals surface area contributed by atoms with E-state index < -0.39 is 10.0 Å². The number of hydrogen-bond donors (Lipinski definition) is 1. The summed E-state index contributed by atoms with van der Waals surface area (Å²) in [6.45, 7) is 0.220. The molecule has 6 heteroatoms. The Kier molecular flexibility index (Phi) is 6.01. The number of hydrogen-bond acceptors (Lipinski definition) is 4. The average Bonchev–Trinajstić information content (AvgIpc) is 2.59. The van der Waals surface area contributed by atoms with E-state index in [-0.39, 0.29) is 12.3 Å². The monoisotopic (exact) mass is 335 g/mol. The molecular formula is C17H21NO4S. The van der Waals surface area contributed by atoms with Gasteiger partial charge < -0.3 is 9.47 Å². The molecule has 5 nitrogen and oxygen atoms in total. The summed E-state index contributed by atoms with van der Waals surface area (Å²) in [5, 5.41) is 0. The molecule has 0 radical (unpaired) electrons. The van der Waals surface area contributed by atoms with E-state index in [0.29, 0.717) is 17.9 Å². The first kappa shape index (κ1) is 17.3. The van der Waals surface area contributed by atoms with Crippen LogP contribution in [0.2, 0.25) is 0 Å². The van der Waals surface area contributed by atoms with Crippen LogP contribution < -0.4 is 14.2 Å². The van der Waals surface area contributed by atoms with Crippen molar-refractivity contribution in [2.75, 3.05) is 20.0 Å². The third-order valence-corrected chi connectivity index (χ3v) is 4.77. The minimum atomic E-state index is -3.34. The summed E-state index contributed by atoms with van der Waals surface area (Å²) in [5.41, 5.74) is 1.81. The number of aryl methyl sites for hydroxylation is 1. The Balaban J connectivity index is 1.94. The third-order valence-electron chi connectivity index (χ3n) is 3.45. The lowest BCUT2D eigenvalue weighted by atomic mass is 10.2. The van der Waals surface area contributed by atoms with Crippen LogP contribution in [0.4, 0.5) is 0 Å². The van der Waals surface area contributed by atoms with Gasteiger partial charge in [0.15, 0.2) is 11.5 Å². The van der Waals surface area contributed by atoms with Crippen LogP contribution in [0.3, 0.4) is 0 Å². The Morgan fingerprint density at radius 3 is 2.26 bits per heavy atom. The third kappa shape index (κ3) is 5.26. The van der Waals surface area contributed by atoms with Crippen LogP contribution in [-0.4, -0.2) is 28.4 Å². The molecule has 0 unspecified atom stereocenters. The first-order chi connectivity index (χ1) is 11.0. The van der Waals surface area contributed by atoms with Gasteiger partial charge in [-0.2, -0.15) is 0 Å². The molecule has 124 valence electrons. The summed E-state index contributed by atoms with van der Waals surface area (Å²) in [6.07, 6.45) is 0.488. The molecule has 0 spiro atoms. The van der Waals surface area contributed by atoms with Crippen molar-refractivity contribution in [2.24, 2.45) is 0 Å². The minimum Gasteiger partial charge on any atom is -0.493 e. The summed E-state index contributed by atoms with van der Waals surface area (Å²) in [6, 6.07) is 14.9. The molecule has 23 heavy (non-hydrogen) atoms. The Morgan fingerprint density at radius 2 is 1.61 bits per heavy atom. The van der Waals surface area contributed by atoms with Gasteiger partial charge in [0.05, 0.1) is 20.0 Å². The van der Waals surface area contributed by atoms with E-state index >= 15 is 0 Å². The number of methoxy groups -OCH3 is 2. The van der Waals surface area contributed by atoms with Gasteiger partial charge in [0.2, 0.25) is 10.0 Å². The molecule has 0 heterocycles. The van der Waals surface area contributed by atoms with Gasteiger partial charge in [-0.3, -0.25) is 0 Å². The average molecular weight is 335 g/mol. The van der Waals surface area contributed by atoms with Crippen LogP contribution in [0.1, 0.15) is 11.1 Å². The van der Waals surface area contributed by atoms with Crippen molar-refractivity contribution in [1.29, 1.82) is 0 Å². The molecule has 2 aromatic rings. The molecule has 0 saturated carbocycles. The lowest BCUT2D eigenvalue weighted by Gasteiger charge is -2.11. The maximum Gasteiger partial charge on any atom is 0.212 e. The molecule has 0 saturated heterocycles. The fraction of sp³-hybridized carbons (Fsp3) is 0.294. The molecule has 2 rings (SSSR count). The van der Waals surface area contributed by atoms with Gasteiger partial charge in [0.25, 0.3) is 0 Å². The van der Waals surface area contributed by atoms with Gasteiger partial charge in [-0.25, -0.2) is 13.1 Å². The van der Waals surface area contributed by atoms with Gasteiger partial charge in [0.1, 0.15) is 0 Å². The first-order valence-electron chi connectivity index (χ1n) is 7.26. The molecule has 0 bridgehead atoms. The molecule has 0 amide bonds. The summed E-state index contributed by atoms with van der Waals surface area (Å²) in [5.74, 6) is 1.25. The number of ether oxygens (including phenoxy) is 2. The zero-order valence-corrected chi connectivity index (χ0v) is 14.1. The van der Waals surface area contributed by atoms with Crippen LogP contribution in [0, 0.1) is 0 Å². The van der Waals surface area contributed by atoms with E-state index in [2.05, 4.69) is 4.72 Å². The molecule has 0 atom stereocenters. The maximum atomic E-state index is 12.1. The number of rotatable bonds is 8. The molecular weight excluding hydrogens is 314 g/mol. The second kappa shape index (κ2) is 7.99. The zero-order chi connectivity index (χ0) is 16.7. The molecule has 1 N–H and O–H groups in total. The quantitative estimate of drug-likeness (QED) is 0.804. The van der Waals surface area contributed by atoms with E-state index in [0.717, 1.165) is 11.1 Å². The summed E-state index contributed by atoms with van der Waals surface area (Å²) in [4.78, 5) is 0. The number of benzene rings is 2. The van der Waals surface area contributed by atoms with Crippen LogP contribution in [-0.2, 0) is 23.0 Å². The molecule has 0 aromatic heterocycles. The van der Waals surface area contributed by atoms with E-state index in [1.807, 2.05) is 30.3 Å². The van der Waals surface area contributed by atoms with E-state index in [9.17, 15) is 8.42 Å². The largest absolute Gasteiger partial charge is 0.493 e. The molecule has 0 fully saturated rings. The van der Waals surface area contributed by atoms with Crippen molar-refractivity contribution in [3.63, 3.8) is 0 Å². The first-order valence-corrected chi connectivity index (χ1v) is 8.91. The van der Waals surface area contributed by atoms with Gasteiger partial charge in [-0.05, 0) is 29.7 Å². The fourth-order valence-electron chi connectivity index (χ4n) is 2.15. The van der Waals surface area contributed by atoms with E-state index in [1.54, 1.807) is 32.4 Å². The van der Waals surface area contributed by atoms with Crippen molar-refractivity contribution in [1.82, 2.24) is 4.72 Å². The minimum absolute atomic E-state index is 0.0598. The van der Waals surface area contributed by atoms with Crippen molar-refractivity contribution in [2.45, 2.75) is 13.0 Å². The summed E-state index contributed by atoms with van der Waals surface area (Å²) in [7, 11) is -0.229. The van der Waals surface area contributed by atoms with Gasteiger partial charge in [0, 0.05) is 6.54 Å². The Bertz CT molecular complexity index is 730. The SMILES string of the molecule is COc1ccc(CNS(=O)(=O)CCc2ccccc2)cc1OC. The van der Waals surface area contributed by atoms with Gasteiger partial charge >= 0.3 is 0 Å². The van der Waals surface area contributed by atoms with Crippen LogP contribution in [0.25, 0.3) is 0 Å². The predicted molar refractivity (Wildman–Crippen MR) is 90.3 cm³/mol. The summed E-state index contributed by atoms with van der Waals surface area (Å²) < 4.78 is 37.2. The molecule has 0 aliphatic rings. The van der Waals surface area contributed by atoms with Crippen molar-refractivity contribution in [3.05, 3.63) is 59.7 Å². The van der Waals surface area contributed by atoms with Gasteiger partial charge in [-0.15, -0.1) is 0 Å². The van der Waals surface area contributed by atoms with Crippen molar-refractivity contribution < 1.29 is 17.9 Å². The normalized spacial score (nSPS) is 11.2. The number of sulfonamides is 1. The Morgan fingerprint density at radius 1 is 0.913 bits per heavy atom. The Hall–Kier alpha value is -2.05. The standard InChI is InChI=1S/C17H21NO4S/c1-21-16-9-8-15(12-17(16)22-2)13-18-23(19,20)11-10-14-6-4-3-5-7-14/h3-9,12,18H,10-11,13H2,1-2H3. The van der Waals surface area contributed by atoms with E-state index in [4.69, 9.17) is 9.47 Å². The lowest BCUT2D eigenvalue weighted by molar-refractivity contribution is 0.354.